The first-order valence-electron chi connectivity index (χ1n) is 9.97. The average Bonchev–Trinajstić information content (AvgIpc) is 3.38. The number of halogens is 5. The Balaban J connectivity index is 1.81. The Kier molecular flexibility index (Phi) is 5.49. The van der Waals surface area contributed by atoms with Crippen LogP contribution in [-0.2, 0) is 16.0 Å². The number of imidazole rings is 1. The Morgan fingerprint density at radius 3 is 2.43 bits per heavy atom. The smallest absolute Gasteiger partial charge is 0.290 e. The van der Waals surface area contributed by atoms with Gasteiger partial charge in [-0.3, -0.25) is 4.40 Å². The highest BCUT2D eigenvalue weighted by Crippen LogP contribution is 2.35. The van der Waals surface area contributed by atoms with Crippen LogP contribution in [0.4, 0.5) is 13.2 Å². The second-order valence-electron chi connectivity index (χ2n) is 7.47. The van der Waals surface area contributed by atoms with Crippen molar-refractivity contribution in [3.8, 4) is 22.5 Å². The van der Waals surface area contributed by atoms with Crippen molar-refractivity contribution in [2.24, 2.45) is 0 Å². The molecular weight excluding hydrogens is 528 g/mol. The van der Waals surface area contributed by atoms with Gasteiger partial charge in [0, 0.05) is 34.1 Å². The van der Waals surface area contributed by atoms with Crippen LogP contribution in [0.25, 0.3) is 33.8 Å². The topological polar surface area (TPSA) is 94.5 Å². The number of sulfone groups is 1. The fourth-order valence-corrected chi connectivity index (χ4v) is 5.10. The maximum absolute atomic E-state index is 13.1. The monoisotopic (exact) mass is 540 g/mol. The van der Waals surface area contributed by atoms with Gasteiger partial charge in [0.1, 0.15) is 17.7 Å². The molecule has 0 aliphatic rings. The van der Waals surface area contributed by atoms with Crippen molar-refractivity contribution in [1.29, 1.82) is 0 Å². The van der Waals surface area contributed by atoms with E-state index in [2.05, 4.69) is 20.1 Å². The zero-order valence-corrected chi connectivity index (χ0v) is 20.0. The van der Waals surface area contributed by atoms with Gasteiger partial charge in [0.2, 0.25) is 0 Å². The van der Waals surface area contributed by atoms with Gasteiger partial charge in [0.05, 0.1) is 22.7 Å². The number of hydrogen-bond acceptors (Lipinski definition) is 6. The minimum absolute atomic E-state index is 0.0547. The molecule has 0 spiro atoms. The van der Waals surface area contributed by atoms with Gasteiger partial charge < -0.3 is 0 Å². The highest BCUT2D eigenvalue weighted by molar-refractivity contribution is 7.91. The molecule has 35 heavy (non-hydrogen) atoms. The lowest BCUT2D eigenvalue weighted by atomic mass is 10.1. The molecule has 0 fully saturated rings. The largest absolute Gasteiger partial charge is 0.433 e. The SMILES string of the molecule is CCS(=O)(=O)c1nn2c(-c3cc(Cl)cc(Cl)c3)ccnc2c1-c1cn2cnc(C(F)(F)F)cc2n1. The lowest BCUT2D eigenvalue weighted by Gasteiger charge is -2.06. The fourth-order valence-electron chi connectivity index (χ4n) is 3.59. The standard InChI is InChI=1S/C21H13Cl2F3N6O2S/c1-2-35(33,34)20-18(14-9-31-10-28-16(21(24,25)26)8-17(31)29-14)19-27-4-3-15(32(19)30-20)11-5-12(22)7-13(23)6-11/h3-10H,2H2,1H3. The second-order valence-corrected chi connectivity index (χ2v) is 10.5. The summed E-state index contributed by atoms with van der Waals surface area (Å²) in [6, 6.07) is 7.19. The van der Waals surface area contributed by atoms with E-state index in [-0.39, 0.29) is 33.3 Å². The molecule has 0 unspecified atom stereocenters. The van der Waals surface area contributed by atoms with Gasteiger partial charge in [-0.15, -0.1) is 0 Å². The van der Waals surface area contributed by atoms with Crippen LogP contribution in [0.15, 0.2) is 54.1 Å². The van der Waals surface area contributed by atoms with Crippen molar-refractivity contribution >= 4 is 44.3 Å². The number of rotatable bonds is 4. The Labute approximate surface area is 205 Å². The Morgan fingerprint density at radius 1 is 1.06 bits per heavy atom. The van der Waals surface area contributed by atoms with E-state index in [1.54, 1.807) is 24.3 Å². The first-order valence-corrected chi connectivity index (χ1v) is 12.4. The minimum atomic E-state index is -4.66. The van der Waals surface area contributed by atoms with Gasteiger partial charge in [-0.2, -0.15) is 18.3 Å². The van der Waals surface area contributed by atoms with Crippen molar-refractivity contribution in [2.75, 3.05) is 5.75 Å². The van der Waals surface area contributed by atoms with Gasteiger partial charge in [-0.25, -0.2) is 27.9 Å². The molecule has 5 aromatic rings. The van der Waals surface area contributed by atoms with E-state index in [0.29, 0.717) is 21.3 Å². The van der Waals surface area contributed by atoms with E-state index in [1.807, 2.05) is 0 Å². The summed E-state index contributed by atoms with van der Waals surface area (Å²) in [6.45, 7) is 1.46. The molecule has 0 bridgehead atoms. The van der Waals surface area contributed by atoms with Crippen LogP contribution in [0.1, 0.15) is 12.6 Å². The summed E-state index contributed by atoms with van der Waals surface area (Å²) in [6.07, 6.45) is -0.879. The van der Waals surface area contributed by atoms with Gasteiger partial charge in [-0.1, -0.05) is 30.1 Å². The summed E-state index contributed by atoms with van der Waals surface area (Å²) in [5.41, 5.74) is 0.0708. The molecule has 0 atom stereocenters. The molecule has 0 aliphatic carbocycles. The zero-order valence-electron chi connectivity index (χ0n) is 17.6. The number of aromatic nitrogens is 6. The van der Waals surface area contributed by atoms with E-state index in [4.69, 9.17) is 23.2 Å². The molecule has 0 saturated carbocycles. The summed E-state index contributed by atoms with van der Waals surface area (Å²) in [7, 11) is -3.89. The molecule has 8 nitrogen and oxygen atoms in total. The van der Waals surface area contributed by atoms with Crippen LogP contribution < -0.4 is 0 Å². The summed E-state index contributed by atoms with van der Waals surface area (Å²) in [4.78, 5) is 12.0. The number of fused-ring (bicyclic) bond motifs is 2. The summed E-state index contributed by atoms with van der Waals surface area (Å²) in [5.74, 6) is -0.268. The van der Waals surface area contributed by atoms with Crippen LogP contribution in [0, 0.1) is 0 Å². The normalized spacial score (nSPS) is 12.6. The lowest BCUT2D eigenvalue weighted by molar-refractivity contribution is -0.141. The number of nitrogens with zero attached hydrogens (tertiary/aromatic N) is 6. The van der Waals surface area contributed by atoms with Crippen molar-refractivity contribution in [1.82, 2.24) is 29.0 Å². The van der Waals surface area contributed by atoms with Crippen LogP contribution in [0.3, 0.4) is 0 Å². The Morgan fingerprint density at radius 2 is 1.77 bits per heavy atom. The number of alkyl halides is 3. The molecule has 180 valence electrons. The molecule has 4 heterocycles. The highest BCUT2D eigenvalue weighted by atomic mass is 35.5. The summed E-state index contributed by atoms with van der Waals surface area (Å²) < 4.78 is 67.9. The third kappa shape index (κ3) is 4.11. The maximum Gasteiger partial charge on any atom is 0.433 e. The van der Waals surface area contributed by atoms with Crippen molar-refractivity contribution in [3.63, 3.8) is 0 Å². The number of hydrogen-bond donors (Lipinski definition) is 0. The first-order chi connectivity index (χ1) is 16.5. The third-order valence-corrected chi connectivity index (χ3v) is 7.29. The van der Waals surface area contributed by atoms with E-state index in [9.17, 15) is 21.6 Å². The van der Waals surface area contributed by atoms with E-state index < -0.39 is 21.7 Å². The Hall–Kier alpha value is -3.22. The Bertz CT molecular complexity index is 1710. The third-order valence-electron chi connectivity index (χ3n) is 5.21. The van der Waals surface area contributed by atoms with Crippen molar-refractivity contribution in [2.45, 2.75) is 18.1 Å². The summed E-state index contributed by atoms with van der Waals surface area (Å²) in [5, 5.41) is 4.75. The van der Waals surface area contributed by atoms with Crippen LogP contribution in [0.5, 0.6) is 0 Å². The molecule has 5 rings (SSSR count). The molecule has 0 saturated heterocycles. The van der Waals surface area contributed by atoms with Gasteiger partial charge in [-0.05, 0) is 24.3 Å². The molecule has 0 radical (unpaired) electrons. The molecule has 0 aliphatic heterocycles. The molecular formula is C21H13Cl2F3N6O2S. The number of benzene rings is 1. The van der Waals surface area contributed by atoms with Crippen molar-refractivity contribution < 1.29 is 21.6 Å². The molecule has 4 aromatic heterocycles. The predicted octanol–water partition coefficient (Wildman–Crippen LogP) is 5.23. The molecule has 1 aromatic carbocycles. The van der Waals surface area contributed by atoms with Crippen LogP contribution in [0.2, 0.25) is 10.0 Å². The molecule has 14 heteroatoms. The second kappa shape index (κ2) is 8.18. The van der Waals surface area contributed by atoms with Crippen LogP contribution >= 0.6 is 23.2 Å². The highest BCUT2D eigenvalue weighted by Gasteiger charge is 2.33. The average molecular weight is 541 g/mol. The predicted molar refractivity (Wildman–Crippen MR) is 123 cm³/mol. The quantitative estimate of drug-likeness (QED) is 0.310. The van der Waals surface area contributed by atoms with E-state index >= 15 is 0 Å². The van der Waals surface area contributed by atoms with Gasteiger partial charge in [0.25, 0.3) is 0 Å². The van der Waals surface area contributed by atoms with Crippen LogP contribution in [-0.4, -0.2) is 43.1 Å². The maximum atomic E-state index is 13.1. The van der Waals surface area contributed by atoms with Crippen molar-refractivity contribution in [3.05, 3.63) is 64.8 Å². The fraction of sp³-hybridized carbons (Fsp3) is 0.143. The van der Waals surface area contributed by atoms with E-state index in [0.717, 1.165) is 12.4 Å². The first kappa shape index (κ1) is 23.5. The lowest BCUT2D eigenvalue weighted by Crippen LogP contribution is -2.08. The zero-order chi connectivity index (χ0) is 25.1. The molecule has 0 N–H and O–H groups in total. The molecule has 0 amide bonds. The van der Waals surface area contributed by atoms with Gasteiger partial charge >= 0.3 is 6.18 Å². The van der Waals surface area contributed by atoms with Gasteiger partial charge in [0.15, 0.2) is 20.5 Å². The van der Waals surface area contributed by atoms with E-state index in [1.165, 1.54) is 28.2 Å². The summed E-state index contributed by atoms with van der Waals surface area (Å²) >= 11 is 12.3. The minimum Gasteiger partial charge on any atom is -0.290 e.